The van der Waals surface area contributed by atoms with E-state index in [2.05, 4.69) is 28.8 Å². The SMILES string of the molecule is O=C(CCc1nc2ccccc2n1-c1ccccc1)N1CCCC1c1ccc2c(c1)OCCO2. The number of likely N-dealkylation sites (tertiary alicyclic amines) is 1. The molecule has 0 saturated carbocycles. The van der Waals surface area contributed by atoms with Crippen LogP contribution in [0, 0.1) is 0 Å². The maximum atomic E-state index is 13.4. The lowest BCUT2D eigenvalue weighted by Crippen LogP contribution is -2.31. The van der Waals surface area contributed by atoms with E-state index in [-0.39, 0.29) is 11.9 Å². The van der Waals surface area contributed by atoms with Crippen molar-refractivity contribution in [3.8, 4) is 17.2 Å². The number of hydrogen-bond acceptors (Lipinski definition) is 4. The molecule has 1 saturated heterocycles. The van der Waals surface area contributed by atoms with E-state index in [0.717, 1.165) is 59.0 Å². The van der Waals surface area contributed by atoms with E-state index in [1.807, 2.05) is 53.4 Å². The van der Waals surface area contributed by atoms with Gasteiger partial charge in [-0.15, -0.1) is 0 Å². The number of fused-ring (bicyclic) bond motifs is 2. The minimum Gasteiger partial charge on any atom is -0.486 e. The van der Waals surface area contributed by atoms with Crippen molar-refractivity contribution in [2.75, 3.05) is 19.8 Å². The number of aromatic nitrogens is 2. The Morgan fingerprint density at radius 2 is 1.74 bits per heavy atom. The van der Waals surface area contributed by atoms with Gasteiger partial charge in [-0.2, -0.15) is 0 Å². The van der Waals surface area contributed by atoms with E-state index in [1.54, 1.807) is 0 Å². The minimum atomic E-state index is 0.0799. The van der Waals surface area contributed by atoms with Crippen molar-refractivity contribution in [1.29, 1.82) is 0 Å². The van der Waals surface area contributed by atoms with Crippen LogP contribution in [0.25, 0.3) is 16.7 Å². The van der Waals surface area contributed by atoms with E-state index in [9.17, 15) is 4.79 Å². The Bertz CT molecular complexity index is 1330. The summed E-state index contributed by atoms with van der Waals surface area (Å²) >= 11 is 0. The van der Waals surface area contributed by atoms with Gasteiger partial charge in [-0.1, -0.05) is 36.4 Å². The molecule has 2 aliphatic rings. The summed E-state index contributed by atoms with van der Waals surface area (Å²) in [5.74, 6) is 2.64. The summed E-state index contributed by atoms with van der Waals surface area (Å²) in [6.07, 6.45) is 2.99. The van der Waals surface area contributed by atoms with Crippen LogP contribution in [0.5, 0.6) is 11.5 Å². The van der Waals surface area contributed by atoms with Gasteiger partial charge in [0.2, 0.25) is 5.91 Å². The Morgan fingerprint density at radius 3 is 2.62 bits per heavy atom. The normalized spacial score (nSPS) is 17.3. The average Bonchev–Trinajstić information content (AvgIpc) is 3.52. The van der Waals surface area contributed by atoms with Gasteiger partial charge in [-0.3, -0.25) is 9.36 Å². The summed E-state index contributed by atoms with van der Waals surface area (Å²) in [6.45, 7) is 1.92. The van der Waals surface area contributed by atoms with E-state index in [0.29, 0.717) is 26.1 Å². The number of para-hydroxylation sites is 3. The number of rotatable bonds is 5. The van der Waals surface area contributed by atoms with E-state index >= 15 is 0 Å². The number of benzene rings is 3. The smallest absolute Gasteiger partial charge is 0.223 e. The predicted molar refractivity (Wildman–Crippen MR) is 131 cm³/mol. The molecule has 6 rings (SSSR count). The number of amides is 1. The molecule has 34 heavy (non-hydrogen) atoms. The molecule has 1 fully saturated rings. The number of ether oxygens (including phenoxy) is 2. The predicted octanol–water partition coefficient (Wildman–Crippen LogP) is 5.09. The second-order valence-corrected chi connectivity index (χ2v) is 8.84. The quantitative estimate of drug-likeness (QED) is 0.422. The molecule has 4 aromatic rings. The highest BCUT2D eigenvalue weighted by Gasteiger charge is 2.31. The first-order chi connectivity index (χ1) is 16.8. The number of imidazole rings is 1. The van der Waals surface area contributed by atoms with Gasteiger partial charge in [0.25, 0.3) is 0 Å². The Morgan fingerprint density at radius 1 is 0.941 bits per heavy atom. The Hall–Kier alpha value is -3.80. The fourth-order valence-electron chi connectivity index (χ4n) is 5.15. The third-order valence-corrected chi connectivity index (χ3v) is 6.73. The summed E-state index contributed by atoms with van der Waals surface area (Å²) in [5, 5.41) is 0. The molecule has 1 amide bonds. The van der Waals surface area contributed by atoms with Gasteiger partial charge in [0.15, 0.2) is 11.5 Å². The molecule has 0 bridgehead atoms. The number of carbonyl (C=O) groups is 1. The van der Waals surface area contributed by atoms with Crippen LogP contribution in [0.2, 0.25) is 0 Å². The lowest BCUT2D eigenvalue weighted by molar-refractivity contribution is -0.132. The maximum Gasteiger partial charge on any atom is 0.223 e. The van der Waals surface area contributed by atoms with Gasteiger partial charge in [0.1, 0.15) is 19.0 Å². The molecule has 0 radical (unpaired) electrons. The molecule has 0 spiro atoms. The van der Waals surface area contributed by atoms with Crippen molar-refractivity contribution in [2.24, 2.45) is 0 Å². The largest absolute Gasteiger partial charge is 0.486 e. The first kappa shape index (κ1) is 20.8. The van der Waals surface area contributed by atoms with Crippen molar-refractivity contribution in [3.05, 3.63) is 84.2 Å². The molecule has 172 valence electrons. The van der Waals surface area contributed by atoms with E-state index in [1.165, 1.54) is 0 Å². The fourth-order valence-corrected chi connectivity index (χ4v) is 5.15. The number of aryl methyl sites for hydroxylation is 1. The topological polar surface area (TPSA) is 56.6 Å². The molecule has 6 heteroatoms. The summed E-state index contributed by atoms with van der Waals surface area (Å²) in [5.41, 5.74) is 4.19. The Balaban J connectivity index is 1.23. The highest BCUT2D eigenvalue weighted by molar-refractivity contribution is 5.80. The molecule has 1 atom stereocenters. The minimum absolute atomic E-state index is 0.0799. The molecule has 6 nitrogen and oxygen atoms in total. The number of nitrogens with zero attached hydrogens (tertiary/aromatic N) is 3. The van der Waals surface area contributed by atoms with Crippen LogP contribution >= 0.6 is 0 Å². The monoisotopic (exact) mass is 453 g/mol. The van der Waals surface area contributed by atoms with E-state index in [4.69, 9.17) is 14.5 Å². The van der Waals surface area contributed by atoms with Crippen molar-refractivity contribution >= 4 is 16.9 Å². The number of hydrogen-bond donors (Lipinski definition) is 0. The lowest BCUT2D eigenvalue weighted by atomic mass is 10.0. The van der Waals surface area contributed by atoms with Gasteiger partial charge < -0.3 is 14.4 Å². The molecule has 0 N–H and O–H groups in total. The molecule has 3 heterocycles. The number of carbonyl (C=O) groups excluding carboxylic acids is 1. The van der Waals surface area contributed by atoms with Crippen LogP contribution in [0.15, 0.2) is 72.8 Å². The summed E-state index contributed by atoms with van der Waals surface area (Å²) in [4.78, 5) is 20.3. The highest BCUT2D eigenvalue weighted by atomic mass is 16.6. The fraction of sp³-hybridized carbons (Fsp3) is 0.286. The van der Waals surface area contributed by atoms with Crippen molar-refractivity contribution in [2.45, 2.75) is 31.7 Å². The van der Waals surface area contributed by atoms with Gasteiger partial charge in [0, 0.05) is 25.1 Å². The zero-order valence-corrected chi connectivity index (χ0v) is 19.0. The standard InChI is InChI=1S/C28H27N3O3/c32-28(30-16-6-11-23(30)20-12-13-25-26(19-20)34-18-17-33-25)15-14-27-29-22-9-4-5-10-24(22)31(27)21-7-2-1-3-8-21/h1-5,7-10,12-13,19,23H,6,11,14-18H2. The van der Waals surface area contributed by atoms with Gasteiger partial charge in [0.05, 0.1) is 17.1 Å². The van der Waals surface area contributed by atoms with E-state index < -0.39 is 0 Å². The zero-order chi connectivity index (χ0) is 22.9. The lowest BCUT2D eigenvalue weighted by Gasteiger charge is -2.27. The first-order valence-electron chi connectivity index (χ1n) is 12.0. The van der Waals surface area contributed by atoms with Crippen LogP contribution in [-0.4, -0.2) is 40.1 Å². The molecule has 1 unspecified atom stereocenters. The molecule has 3 aromatic carbocycles. The summed E-state index contributed by atoms with van der Waals surface area (Å²) < 4.78 is 13.6. The summed E-state index contributed by atoms with van der Waals surface area (Å²) in [7, 11) is 0. The average molecular weight is 454 g/mol. The third-order valence-electron chi connectivity index (χ3n) is 6.73. The second kappa shape index (κ2) is 8.86. The first-order valence-corrected chi connectivity index (χ1v) is 12.0. The molecule has 0 aliphatic carbocycles. The van der Waals surface area contributed by atoms with Crippen LogP contribution in [-0.2, 0) is 11.2 Å². The zero-order valence-electron chi connectivity index (χ0n) is 19.0. The summed E-state index contributed by atoms with van der Waals surface area (Å²) in [6, 6.07) is 24.5. The molecule has 2 aliphatic heterocycles. The third kappa shape index (κ3) is 3.79. The second-order valence-electron chi connectivity index (χ2n) is 8.84. The molecular weight excluding hydrogens is 426 g/mol. The molecule has 1 aromatic heterocycles. The van der Waals surface area contributed by atoms with Crippen LogP contribution in [0.1, 0.15) is 36.7 Å². The van der Waals surface area contributed by atoms with Crippen LogP contribution in [0.4, 0.5) is 0 Å². The van der Waals surface area contributed by atoms with Crippen LogP contribution in [0.3, 0.4) is 0 Å². The maximum absolute atomic E-state index is 13.4. The van der Waals surface area contributed by atoms with Crippen molar-refractivity contribution in [3.63, 3.8) is 0 Å². The van der Waals surface area contributed by atoms with Crippen LogP contribution < -0.4 is 9.47 Å². The Labute approximate surface area is 198 Å². The highest BCUT2D eigenvalue weighted by Crippen LogP contribution is 2.38. The Kier molecular flexibility index (Phi) is 5.41. The van der Waals surface area contributed by atoms with Crippen molar-refractivity contribution < 1.29 is 14.3 Å². The van der Waals surface area contributed by atoms with Gasteiger partial charge in [-0.05, 0) is 54.8 Å². The van der Waals surface area contributed by atoms with Crippen molar-refractivity contribution in [1.82, 2.24) is 14.5 Å². The van der Waals surface area contributed by atoms with Gasteiger partial charge in [-0.25, -0.2) is 4.98 Å². The van der Waals surface area contributed by atoms with Gasteiger partial charge >= 0.3 is 0 Å². The molecular formula is C28H27N3O3.